The average Bonchev–Trinajstić information content (AvgIpc) is 2.33. The van der Waals surface area contributed by atoms with Gasteiger partial charge in [0.25, 0.3) is 10.1 Å². The van der Waals surface area contributed by atoms with E-state index in [0.717, 1.165) is 6.67 Å². The molecule has 0 radical (unpaired) electrons. The molecule has 0 fully saturated rings. The fourth-order valence-corrected chi connectivity index (χ4v) is 1.68. The predicted octanol–water partition coefficient (Wildman–Crippen LogP) is 0.0929. The van der Waals surface area contributed by atoms with E-state index in [0.29, 0.717) is 13.0 Å². The molecule has 0 saturated carbocycles. The molecule has 0 saturated heterocycles. The summed E-state index contributed by atoms with van der Waals surface area (Å²) in [5.74, 6) is -0.166. The van der Waals surface area contributed by atoms with Gasteiger partial charge in [-0.1, -0.05) is 0 Å². The van der Waals surface area contributed by atoms with Crippen LogP contribution in [0.25, 0.3) is 0 Å². The number of rotatable bonds is 4. The summed E-state index contributed by atoms with van der Waals surface area (Å²) in [6.45, 7) is 1.44. The zero-order valence-corrected chi connectivity index (χ0v) is 8.77. The molecule has 0 aromatic rings. The Morgan fingerprint density at radius 1 is 1.43 bits per heavy atom. The molecule has 0 amide bonds. The van der Waals surface area contributed by atoms with Crippen LogP contribution in [0.4, 0.5) is 4.70 Å². The third-order valence-corrected chi connectivity index (χ3v) is 2.59. The highest BCUT2D eigenvalue weighted by Crippen LogP contribution is 2.04. The van der Waals surface area contributed by atoms with Crippen LogP contribution in [0.2, 0.25) is 0 Å². The van der Waals surface area contributed by atoms with Gasteiger partial charge in [0, 0.05) is 26.0 Å². The molecule has 0 bridgehead atoms. The summed E-state index contributed by atoms with van der Waals surface area (Å²) < 4.78 is 29.2. The highest BCUT2D eigenvalue weighted by Gasteiger charge is 2.09. The van der Waals surface area contributed by atoms with E-state index < -0.39 is 10.1 Å². The Balaban J connectivity index is 0.00000169. The van der Waals surface area contributed by atoms with E-state index in [1.54, 1.807) is 0 Å². The van der Waals surface area contributed by atoms with Gasteiger partial charge in [-0.15, -0.1) is 0 Å². The Bertz CT molecular complexity index is 291. The lowest BCUT2D eigenvalue weighted by Gasteiger charge is -2.17. The Labute approximate surface area is 83.1 Å². The fraction of sp³-hybridized carbons (Fsp3) is 0.714. The number of halogens is 1. The van der Waals surface area contributed by atoms with Crippen molar-refractivity contribution in [3.05, 3.63) is 12.4 Å². The molecule has 7 heteroatoms. The first-order chi connectivity index (χ1) is 5.97. The summed E-state index contributed by atoms with van der Waals surface area (Å²) >= 11 is 0. The Morgan fingerprint density at radius 2 is 2.07 bits per heavy atom. The van der Waals surface area contributed by atoms with E-state index >= 15 is 0 Å². The number of nitrogens with zero attached hydrogens (tertiary/aromatic N) is 2. The molecule has 0 spiro atoms. The van der Waals surface area contributed by atoms with Gasteiger partial charge < -0.3 is 9.80 Å². The van der Waals surface area contributed by atoms with E-state index in [9.17, 15) is 8.42 Å². The van der Waals surface area contributed by atoms with Crippen molar-refractivity contribution in [1.29, 1.82) is 0 Å². The van der Waals surface area contributed by atoms with Crippen LogP contribution in [0.1, 0.15) is 6.42 Å². The second kappa shape index (κ2) is 5.16. The first-order valence-electron chi connectivity index (χ1n) is 4.05. The van der Waals surface area contributed by atoms with Crippen molar-refractivity contribution >= 4 is 10.1 Å². The quantitative estimate of drug-likeness (QED) is 0.689. The van der Waals surface area contributed by atoms with Crippen LogP contribution >= 0.6 is 0 Å². The third-order valence-electron chi connectivity index (χ3n) is 1.78. The van der Waals surface area contributed by atoms with Crippen LogP contribution in [-0.4, -0.2) is 48.8 Å². The topological polar surface area (TPSA) is 60.9 Å². The minimum Gasteiger partial charge on any atom is -0.362 e. The van der Waals surface area contributed by atoms with Crippen molar-refractivity contribution in [2.45, 2.75) is 6.42 Å². The molecule has 1 aliphatic heterocycles. The maximum absolute atomic E-state index is 10.4. The van der Waals surface area contributed by atoms with Gasteiger partial charge in [-0.25, -0.2) is 0 Å². The van der Waals surface area contributed by atoms with Crippen molar-refractivity contribution in [2.24, 2.45) is 0 Å². The molecule has 0 atom stereocenters. The normalized spacial score (nSPS) is 15.9. The third kappa shape index (κ3) is 5.03. The fourth-order valence-electron chi connectivity index (χ4n) is 1.18. The van der Waals surface area contributed by atoms with Crippen molar-refractivity contribution < 1.29 is 17.7 Å². The minimum absolute atomic E-state index is 0. The van der Waals surface area contributed by atoms with E-state index in [2.05, 4.69) is 0 Å². The molecule has 14 heavy (non-hydrogen) atoms. The second-order valence-corrected chi connectivity index (χ2v) is 4.72. The molecular weight excluding hydrogens is 211 g/mol. The number of hydrogen-bond acceptors (Lipinski definition) is 4. The largest absolute Gasteiger partial charge is 0.362 e. The van der Waals surface area contributed by atoms with E-state index in [1.807, 2.05) is 29.2 Å². The summed E-state index contributed by atoms with van der Waals surface area (Å²) in [5.41, 5.74) is 0. The molecule has 5 nitrogen and oxygen atoms in total. The lowest BCUT2D eigenvalue weighted by molar-refractivity contribution is 0.296. The SMILES string of the molecule is CN1C=CN(CCCS(=O)(=O)O)C1.F. The van der Waals surface area contributed by atoms with Crippen molar-refractivity contribution in [1.82, 2.24) is 9.80 Å². The standard InChI is InChI=1S/C7H14N2O3S.FH/c1-8-4-5-9(7-8)3-2-6-13(10,11)12;/h4-5H,2-3,6-7H2,1H3,(H,10,11,12);1H. The van der Waals surface area contributed by atoms with Crippen LogP contribution in [0.5, 0.6) is 0 Å². The van der Waals surface area contributed by atoms with Gasteiger partial charge in [0.05, 0.1) is 12.4 Å². The summed E-state index contributed by atoms with van der Waals surface area (Å²) in [4.78, 5) is 3.98. The molecular formula is C7H15FN2O3S. The minimum atomic E-state index is -3.79. The van der Waals surface area contributed by atoms with Gasteiger partial charge in [0.2, 0.25) is 0 Å². The van der Waals surface area contributed by atoms with Gasteiger partial charge in [-0.3, -0.25) is 9.26 Å². The molecule has 0 aromatic heterocycles. The smallest absolute Gasteiger partial charge is 0.264 e. The predicted molar refractivity (Wildman–Crippen MR) is 52.0 cm³/mol. The summed E-state index contributed by atoms with van der Waals surface area (Å²) in [6, 6.07) is 0. The average molecular weight is 226 g/mol. The first-order valence-corrected chi connectivity index (χ1v) is 5.66. The summed E-state index contributed by atoms with van der Waals surface area (Å²) in [5, 5.41) is 0. The highest BCUT2D eigenvalue weighted by atomic mass is 32.2. The molecule has 1 rings (SSSR count). The van der Waals surface area contributed by atoms with Crippen LogP contribution in [0.3, 0.4) is 0 Å². The molecule has 1 heterocycles. The van der Waals surface area contributed by atoms with Gasteiger partial charge in [-0.2, -0.15) is 8.42 Å². The zero-order chi connectivity index (χ0) is 9.90. The Morgan fingerprint density at radius 3 is 2.50 bits per heavy atom. The van der Waals surface area contributed by atoms with Gasteiger partial charge in [0.15, 0.2) is 0 Å². The van der Waals surface area contributed by atoms with E-state index in [-0.39, 0.29) is 10.5 Å². The van der Waals surface area contributed by atoms with Crippen molar-refractivity contribution in [2.75, 3.05) is 26.0 Å². The van der Waals surface area contributed by atoms with Crippen molar-refractivity contribution in [3.8, 4) is 0 Å². The lowest BCUT2D eigenvalue weighted by Crippen LogP contribution is -2.24. The highest BCUT2D eigenvalue weighted by molar-refractivity contribution is 7.85. The van der Waals surface area contributed by atoms with Gasteiger partial charge in [0.1, 0.15) is 0 Å². The van der Waals surface area contributed by atoms with Crippen molar-refractivity contribution in [3.63, 3.8) is 0 Å². The zero-order valence-electron chi connectivity index (χ0n) is 7.96. The summed E-state index contributed by atoms with van der Waals surface area (Å²) in [7, 11) is -1.85. The molecule has 0 aliphatic carbocycles. The van der Waals surface area contributed by atoms with Crippen LogP contribution in [0, 0.1) is 0 Å². The second-order valence-electron chi connectivity index (χ2n) is 3.15. The van der Waals surface area contributed by atoms with E-state index in [4.69, 9.17) is 4.55 Å². The van der Waals surface area contributed by atoms with Crippen LogP contribution < -0.4 is 0 Å². The number of hydrogen-bond donors (Lipinski definition) is 1. The molecule has 1 N–H and O–H groups in total. The van der Waals surface area contributed by atoms with Crippen LogP contribution in [-0.2, 0) is 10.1 Å². The van der Waals surface area contributed by atoms with Gasteiger partial charge >= 0.3 is 0 Å². The van der Waals surface area contributed by atoms with E-state index in [1.165, 1.54) is 0 Å². The molecule has 84 valence electrons. The maximum Gasteiger partial charge on any atom is 0.264 e. The Kier molecular flexibility index (Phi) is 4.86. The Hall–Kier alpha value is -0.820. The molecule has 1 aliphatic rings. The first kappa shape index (κ1) is 13.2. The molecule has 0 aromatic carbocycles. The monoisotopic (exact) mass is 226 g/mol. The summed E-state index contributed by atoms with van der Waals surface area (Å²) in [6.07, 6.45) is 4.29. The lowest BCUT2D eigenvalue weighted by atomic mass is 10.4. The molecule has 0 unspecified atom stereocenters. The maximum atomic E-state index is 10.4. The van der Waals surface area contributed by atoms with Gasteiger partial charge in [-0.05, 0) is 6.42 Å². The van der Waals surface area contributed by atoms with Crippen LogP contribution in [0.15, 0.2) is 12.4 Å².